The van der Waals surface area contributed by atoms with Gasteiger partial charge in [0, 0.05) is 31.7 Å². The first kappa shape index (κ1) is 12.7. The Balaban J connectivity index is 2.16. The van der Waals surface area contributed by atoms with Crippen LogP contribution in [-0.4, -0.2) is 27.2 Å². The number of hydrogen-bond acceptors (Lipinski definition) is 3. The van der Waals surface area contributed by atoms with Gasteiger partial charge in [-0.3, -0.25) is 4.79 Å². The van der Waals surface area contributed by atoms with E-state index in [0.717, 1.165) is 5.69 Å². The first-order valence-electron chi connectivity index (χ1n) is 6.13. The van der Waals surface area contributed by atoms with Crippen LogP contribution < -0.4 is 14.4 Å². The Morgan fingerprint density at radius 3 is 2.22 bits per heavy atom. The van der Waals surface area contributed by atoms with Crippen LogP contribution in [0.2, 0.25) is 0 Å². The van der Waals surface area contributed by atoms with E-state index in [2.05, 4.69) is 0 Å². The molecule has 1 aromatic carbocycles. The fourth-order valence-corrected chi connectivity index (χ4v) is 1.84. The van der Waals surface area contributed by atoms with Gasteiger partial charge in [-0.1, -0.05) is 0 Å². The molecule has 1 saturated carbocycles. The van der Waals surface area contributed by atoms with Gasteiger partial charge in [-0.15, -0.1) is 0 Å². The van der Waals surface area contributed by atoms with Gasteiger partial charge in [0.15, 0.2) is 0 Å². The lowest BCUT2D eigenvalue weighted by Gasteiger charge is -2.19. The zero-order valence-corrected chi connectivity index (χ0v) is 11.1. The van der Waals surface area contributed by atoms with E-state index >= 15 is 0 Å². The molecule has 0 unspecified atom stereocenters. The molecule has 1 fully saturated rings. The summed E-state index contributed by atoms with van der Waals surface area (Å²) in [5.74, 6) is 2.12. The lowest BCUT2D eigenvalue weighted by Crippen LogP contribution is -2.26. The summed E-state index contributed by atoms with van der Waals surface area (Å²) >= 11 is 0. The SMILES string of the molecule is COc1cc(OC)cc(N(C)C(=O)CC2CC2)c1. The first-order valence-corrected chi connectivity index (χ1v) is 6.13. The van der Waals surface area contributed by atoms with Gasteiger partial charge < -0.3 is 14.4 Å². The quantitative estimate of drug-likeness (QED) is 0.804. The van der Waals surface area contributed by atoms with Crippen molar-refractivity contribution >= 4 is 11.6 Å². The Bertz CT molecular complexity index is 418. The average molecular weight is 249 g/mol. The number of anilines is 1. The van der Waals surface area contributed by atoms with Crippen molar-refractivity contribution in [3.8, 4) is 11.5 Å². The number of rotatable bonds is 5. The molecule has 4 nitrogen and oxygen atoms in total. The third-order valence-corrected chi connectivity index (χ3v) is 3.26. The molecular formula is C14H19NO3. The molecule has 18 heavy (non-hydrogen) atoms. The Hall–Kier alpha value is -1.71. The Morgan fingerprint density at radius 2 is 1.78 bits per heavy atom. The van der Waals surface area contributed by atoms with Crippen LogP contribution >= 0.6 is 0 Å². The van der Waals surface area contributed by atoms with Crippen LogP contribution in [0.5, 0.6) is 11.5 Å². The lowest BCUT2D eigenvalue weighted by atomic mass is 10.2. The number of benzene rings is 1. The molecule has 1 aromatic rings. The third kappa shape index (κ3) is 2.94. The second-order valence-electron chi connectivity index (χ2n) is 4.67. The van der Waals surface area contributed by atoms with Crippen molar-refractivity contribution in [1.82, 2.24) is 0 Å². The fourth-order valence-electron chi connectivity index (χ4n) is 1.84. The molecule has 1 amide bonds. The molecule has 4 heteroatoms. The molecule has 0 saturated heterocycles. The molecule has 0 aromatic heterocycles. The normalized spacial score (nSPS) is 14.2. The van der Waals surface area contributed by atoms with E-state index < -0.39 is 0 Å². The van der Waals surface area contributed by atoms with Crippen molar-refractivity contribution in [2.45, 2.75) is 19.3 Å². The third-order valence-electron chi connectivity index (χ3n) is 3.26. The highest BCUT2D eigenvalue weighted by molar-refractivity contribution is 5.93. The van der Waals surface area contributed by atoms with Crippen molar-refractivity contribution < 1.29 is 14.3 Å². The van der Waals surface area contributed by atoms with Gasteiger partial charge in [0.1, 0.15) is 11.5 Å². The standard InChI is InChI=1S/C14H19NO3/c1-15(14(16)6-10-4-5-10)11-7-12(17-2)9-13(8-11)18-3/h7-10H,4-6H2,1-3H3. The maximum atomic E-state index is 12.0. The van der Waals surface area contributed by atoms with E-state index in [9.17, 15) is 4.79 Å². The minimum absolute atomic E-state index is 0.146. The van der Waals surface area contributed by atoms with Gasteiger partial charge in [0.05, 0.1) is 19.9 Å². The molecule has 98 valence electrons. The highest BCUT2D eigenvalue weighted by atomic mass is 16.5. The molecule has 0 N–H and O–H groups in total. The molecule has 2 rings (SSSR count). The number of carbonyl (C=O) groups is 1. The van der Waals surface area contributed by atoms with E-state index in [-0.39, 0.29) is 5.91 Å². The number of methoxy groups -OCH3 is 2. The number of ether oxygens (including phenoxy) is 2. The van der Waals surface area contributed by atoms with Gasteiger partial charge in [0.2, 0.25) is 5.91 Å². The van der Waals surface area contributed by atoms with E-state index in [0.29, 0.717) is 23.8 Å². The molecule has 0 spiro atoms. The van der Waals surface area contributed by atoms with Crippen molar-refractivity contribution in [1.29, 1.82) is 0 Å². The zero-order chi connectivity index (χ0) is 13.1. The van der Waals surface area contributed by atoms with Crippen LogP contribution in [0.25, 0.3) is 0 Å². The van der Waals surface area contributed by atoms with Crippen LogP contribution in [0.4, 0.5) is 5.69 Å². The average Bonchev–Trinajstić information content (AvgIpc) is 3.20. The first-order chi connectivity index (χ1) is 8.63. The van der Waals surface area contributed by atoms with Crippen molar-refractivity contribution in [3.05, 3.63) is 18.2 Å². The van der Waals surface area contributed by atoms with Crippen LogP contribution in [0.3, 0.4) is 0 Å². The van der Waals surface area contributed by atoms with Gasteiger partial charge in [-0.25, -0.2) is 0 Å². The second kappa shape index (κ2) is 5.29. The van der Waals surface area contributed by atoms with Crippen molar-refractivity contribution in [3.63, 3.8) is 0 Å². The molecule has 0 bridgehead atoms. The summed E-state index contributed by atoms with van der Waals surface area (Å²) in [5, 5.41) is 0. The summed E-state index contributed by atoms with van der Waals surface area (Å²) in [4.78, 5) is 13.7. The smallest absolute Gasteiger partial charge is 0.226 e. The monoisotopic (exact) mass is 249 g/mol. The summed E-state index contributed by atoms with van der Waals surface area (Å²) in [6.07, 6.45) is 3.00. The second-order valence-corrected chi connectivity index (χ2v) is 4.67. The van der Waals surface area contributed by atoms with Gasteiger partial charge in [-0.2, -0.15) is 0 Å². The maximum Gasteiger partial charge on any atom is 0.226 e. The Morgan fingerprint density at radius 1 is 1.22 bits per heavy atom. The van der Waals surface area contributed by atoms with Crippen LogP contribution in [0.1, 0.15) is 19.3 Å². The minimum Gasteiger partial charge on any atom is -0.497 e. The molecule has 0 aliphatic heterocycles. The summed E-state index contributed by atoms with van der Waals surface area (Å²) in [5.41, 5.74) is 0.803. The molecule has 1 aliphatic carbocycles. The Labute approximate surface area is 107 Å². The maximum absolute atomic E-state index is 12.0. The zero-order valence-electron chi connectivity index (χ0n) is 11.1. The van der Waals surface area contributed by atoms with Crippen molar-refractivity contribution in [2.75, 3.05) is 26.2 Å². The molecular weight excluding hydrogens is 230 g/mol. The highest BCUT2D eigenvalue weighted by Crippen LogP contribution is 2.34. The van der Waals surface area contributed by atoms with Gasteiger partial charge >= 0.3 is 0 Å². The molecule has 0 radical (unpaired) electrons. The summed E-state index contributed by atoms with van der Waals surface area (Å²) < 4.78 is 10.4. The largest absolute Gasteiger partial charge is 0.497 e. The fraction of sp³-hybridized carbons (Fsp3) is 0.500. The molecule has 0 atom stereocenters. The van der Waals surface area contributed by atoms with E-state index in [1.165, 1.54) is 12.8 Å². The van der Waals surface area contributed by atoms with Crippen LogP contribution in [0.15, 0.2) is 18.2 Å². The minimum atomic E-state index is 0.146. The molecule has 1 aliphatic rings. The van der Waals surface area contributed by atoms with E-state index in [1.807, 2.05) is 12.1 Å². The Kier molecular flexibility index (Phi) is 3.75. The van der Waals surface area contributed by atoms with Crippen LogP contribution in [-0.2, 0) is 4.79 Å². The summed E-state index contributed by atoms with van der Waals surface area (Å²) in [6, 6.07) is 5.48. The number of amides is 1. The summed E-state index contributed by atoms with van der Waals surface area (Å²) in [6.45, 7) is 0. The van der Waals surface area contributed by atoms with Crippen molar-refractivity contribution in [2.24, 2.45) is 5.92 Å². The lowest BCUT2D eigenvalue weighted by molar-refractivity contribution is -0.118. The van der Waals surface area contributed by atoms with E-state index in [4.69, 9.17) is 9.47 Å². The predicted octanol–water partition coefficient (Wildman–Crippen LogP) is 2.47. The highest BCUT2D eigenvalue weighted by Gasteiger charge is 2.26. The number of nitrogens with zero attached hydrogens (tertiary/aromatic N) is 1. The van der Waals surface area contributed by atoms with E-state index in [1.54, 1.807) is 32.2 Å². The van der Waals surface area contributed by atoms with Gasteiger partial charge in [-0.05, 0) is 18.8 Å². The number of carbonyl (C=O) groups excluding carboxylic acids is 1. The van der Waals surface area contributed by atoms with Gasteiger partial charge in [0.25, 0.3) is 0 Å². The van der Waals surface area contributed by atoms with Crippen LogP contribution in [0, 0.1) is 5.92 Å². The molecule has 0 heterocycles. The number of hydrogen-bond donors (Lipinski definition) is 0. The topological polar surface area (TPSA) is 38.8 Å². The predicted molar refractivity (Wildman–Crippen MR) is 70.3 cm³/mol. The summed E-state index contributed by atoms with van der Waals surface area (Å²) in [7, 11) is 4.99.